The van der Waals surface area contributed by atoms with Crippen LogP contribution in [0.4, 0.5) is 11.4 Å². The molecule has 8 heteroatoms. The number of aryl methyl sites for hydroxylation is 1. The van der Waals surface area contributed by atoms with Crippen molar-refractivity contribution in [1.29, 1.82) is 5.26 Å². The van der Waals surface area contributed by atoms with Crippen molar-refractivity contribution in [3.05, 3.63) is 114 Å². The molecule has 0 saturated carbocycles. The zero-order valence-corrected chi connectivity index (χ0v) is 19.5. The first kappa shape index (κ1) is 22.6. The van der Waals surface area contributed by atoms with Crippen LogP contribution in [0.3, 0.4) is 0 Å². The van der Waals surface area contributed by atoms with Gasteiger partial charge >= 0.3 is 0 Å². The lowest BCUT2D eigenvalue weighted by atomic mass is 10.1. The maximum atomic E-state index is 13.0. The number of fused-ring (bicyclic) bond motifs is 1. The summed E-state index contributed by atoms with van der Waals surface area (Å²) in [5.41, 5.74) is 4.54. The van der Waals surface area contributed by atoms with Gasteiger partial charge in [-0.15, -0.1) is 0 Å². The van der Waals surface area contributed by atoms with Crippen LogP contribution < -0.4 is 15.4 Å². The highest BCUT2D eigenvalue weighted by atomic mass is 16.5. The minimum Gasteiger partial charge on any atom is -0.457 e. The Hall–Kier alpha value is -5.16. The molecule has 0 saturated heterocycles. The number of carbonyl (C=O) groups excluding carboxylic acids is 1. The summed E-state index contributed by atoms with van der Waals surface area (Å²) in [4.78, 5) is 16.9. The van der Waals surface area contributed by atoms with Gasteiger partial charge in [-0.05, 0) is 66.6 Å². The number of nitriles is 1. The van der Waals surface area contributed by atoms with Crippen molar-refractivity contribution in [2.24, 2.45) is 0 Å². The molecule has 0 fully saturated rings. The first-order valence-electron chi connectivity index (χ1n) is 11.3. The molecule has 2 aromatic carbocycles. The number of ether oxygens (including phenoxy) is 1. The predicted molar refractivity (Wildman–Crippen MR) is 136 cm³/mol. The third-order valence-electron chi connectivity index (χ3n) is 5.73. The van der Waals surface area contributed by atoms with Gasteiger partial charge in [0.2, 0.25) is 0 Å². The van der Waals surface area contributed by atoms with E-state index >= 15 is 0 Å². The van der Waals surface area contributed by atoms with E-state index in [4.69, 9.17) is 4.74 Å². The van der Waals surface area contributed by atoms with E-state index in [1.807, 2.05) is 73.7 Å². The second-order valence-electron chi connectivity index (χ2n) is 8.11. The minimum atomic E-state index is -0.221. The van der Waals surface area contributed by atoms with Crippen molar-refractivity contribution in [2.75, 3.05) is 5.32 Å². The highest BCUT2D eigenvalue weighted by molar-refractivity contribution is 6.00. The molecule has 8 nitrogen and oxygen atoms in total. The van der Waals surface area contributed by atoms with Crippen LogP contribution in [0.2, 0.25) is 0 Å². The molecule has 0 aliphatic rings. The molecule has 0 radical (unpaired) electrons. The number of pyridine rings is 1. The maximum absolute atomic E-state index is 13.0. The summed E-state index contributed by atoms with van der Waals surface area (Å²) in [7, 11) is 0. The van der Waals surface area contributed by atoms with Crippen molar-refractivity contribution in [3.8, 4) is 17.6 Å². The molecule has 5 aromatic rings. The molecule has 0 bridgehead atoms. The van der Waals surface area contributed by atoms with Crippen LogP contribution in [-0.4, -0.2) is 20.5 Å². The SMILES string of the molecule is Cc1c(C(=O)NCc2ccncc2)cn2ncc(C#N)c(Nc3ccc(Oc4ccccc4)cc3)c12. The average Bonchev–Trinajstić information content (AvgIpc) is 3.26. The van der Waals surface area contributed by atoms with Crippen LogP contribution in [0.1, 0.15) is 27.0 Å². The van der Waals surface area contributed by atoms with Crippen LogP contribution in [0.15, 0.2) is 91.5 Å². The second-order valence-corrected chi connectivity index (χ2v) is 8.11. The lowest BCUT2D eigenvalue weighted by Gasteiger charge is -2.12. The zero-order chi connectivity index (χ0) is 24.9. The Bertz CT molecular complexity index is 1560. The number of para-hydroxylation sites is 1. The van der Waals surface area contributed by atoms with Crippen molar-refractivity contribution in [2.45, 2.75) is 13.5 Å². The molecule has 3 heterocycles. The summed E-state index contributed by atoms with van der Waals surface area (Å²) in [5, 5.41) is 20.3. The Labute approximate surface area is 207 Å². The van der Waals surface area contributed by atoms with E-state index in [2.05, 4.69) is 26.8 Å². The fraction of sp³-hybridized carbons (Fsp3) is 0.0714. The normalized spacial score (nSPS) is 10.6. The molecule has 2 N–H and O–H groups in total. The molecule has 0 aliphatic carbocycles. The zero-order valence-electron chi connectivity index (χ0n) is 19.5. The fourth-order valence-electron chi connectivity index (χ4n) is 3.88. The molecular weight excluding hydrogens is 452 g/mol. The van der Waals surface area contributed by atoms with E-state index in [-0.39, 0.29) is 5.91 Å². The lowest BCUT2D eigenvalue weighted by Crippen LogP contribution is -2.23. The van der Waals surface area contributed by atoms with Gasteiger partial charge in [-0.3, -0.25) is 9.78 Å². The Kier molecular flexibility index (Phi) is 6.28. The molecule has 176 valence electrons. The van der Waals surface area contributed by atoms with Gasteiger partial charge in [0, 0.05) is 30.8 Å². The Morgan fingerprint density at radius 1 is 1.03 bits per heavy atom. The van der Waals surface area contributed by atoms with Crippen LogP contribution >= 0.6 is 0 Å². The van der Waals surface area contributed by atoms with Gasteiger partial charge < -0.3 is 15.4 Å². The smallest absolute Gasteiger partial charge is 0.253 e. The number of nitrogens with zero attached hydrogens (tertiary/aromatic N) is 4. The van der Waals surface area contributed by atoms with Crippen LogP contribution in [0, 0.1) is 18.3 Å². The van der Waals surface area contributed by atoms with Crippen molar-refractivity contribution in [3.63, 3.8) is 0 Å². The molecule has 1 amide bonds. The van der Waals surface area contributed by atoms with Gasteiger partial charge in [0.25, 0.3) is 5.91 Å². The number of aromatic nitrogens is 3. The molecule has 3 aromatic heterocycles. The van der Waals surface area contributed by atoms with E-state index in [0.717, 1.165) is 22.6 Å². The molecule has 5 rings (SSSR count). The molecule has 0 unspecified atom stereocenters. The van der Waals surface area contributed by atoms with E-state index in [9.17, 15) is 10.1 Å². The quantitative estimate of drug-likeness (QED) is 0.328. The number of rotatable bonds is 7. The number of nitrogens with one attached hydrogen (secondary N) is 2. The van der Waals surface area contributed by atoms with Gasteiger partial charge in [0.15, 0.2) is 0 Å². The monoisotopic (exact) mass is 474 g/mol. The van der Waals surface area contributed by atoms with Crippen molar-refractivity contribution in [1.82, 2.24) is 19.9 Å². The number of carbonyl (C=O) groups is 1. The van der Waals surface area contributed by atoms with E-state index < -0.39 is 0 Å². The largest absolute Gasteiger partial charge is 0.457 e. The summed E-state index contributed by atoms with van der Waals surface area (Å²) in [6, 6.07) is 22.9. The summed E-state index contributed by atoms with van der Waals surface area (Å²) in [6.45, 7) is 2.23. The number of benzene rings is 2. The van der Waals surface area contributed by atoms with Crippen molar-refractivity contribution < 1.29 is 9.53 Å². The Morgan fingerprint density at radius 2 is 1.75 bits per heavy atom. The molecule has 0 atom stereocenters. The van der Waals surface area contributed by atoms with Crippen LogP contribution in [0.25, 0.3) is 5.52 Å². The van der Waals surface area contributed by atoms with Gasteiger partial charge in [-0.25, -0.2) is 4.52 Å². The highest BCUT2D eigenvalue weighted by Crippen LogP contribution is 2.31. The predicted octanol–water partition coefficient (Wildman–Crippen LogP) is 5.38. The third-order valence-corrected chi connectivity index (χ3v) is 5.73. The summed E-state index contributed by atoms with van der Waals surface area (Å²) >= 11 is 0. The standard InChI is InChI=1S/C28H22N6O2/c1-19-25(28(35)31-16-20-11-13-30-14-12-20)18-34-27(19)26(21(15-29)17-32-34)33-22-7-9-24(10-8-22)36-23-5-3-2-4-6-23/h2-14,17-18,33H,16H2,1H3,(H,31,35). The first-order valence-corrected chi connectivity index (χ1v) is 11.3. The Balaban J connectivity index is 1.41. The number of hydrogen-bond donors (Lipinski definition) is 2. The van der Waals surface area contributed by atoms with Crippen LogP contribution in [-0.2, 0) is 6.54 Å². The fourth-order valence-corrected chi connectivity index (χ4v) is 3.88. The molecule has 36 heavy (non-hydrogen) atoms. The Morgan fingerprint density at radius 3 is 2.47 bits per heavy atom. The van der Waals surface area contributed by atoms with Gasteiger partial charge in [-0.2, -0.15) is 10.4 Å². The maximum Gasteiger partial charge on any atom is 0.253 e. The molecule has 0 spiro atoms. The second kappa shape index (κ2) is 9.99. The van der Waals surface area contributed by atoms with Gasteiger partial charge in [-0.1, -0.05) is 18.2 Å². The lowest BCUT2D eigenvalue weighted by molar-refractivity contribution is 0.0950. The van der Waals surface area contributed by atoms with Crippen LogP contribution in [0.5, 0.6) is 11.5 Å². The topological polar surface area (TPSA) is 104 Å². The average molecular weight is 475 g/mol. The van der Waals surface area contributed by atoms with Gasteiger partial charge in [0.05, 0.1) is 28.5 Å². The number of amides is 1. The van der Waals surface area contributed by atoms with E-state index in [1.165, 1.54) is 6.20 Å². The van der Waals surface area contributed by atoms with E-state index in [0.29, 0.717) is 34.6 Å². The van der Waals surface area contributed by atoms with Gasteiger partial charge in [0.1, 0.15) is 17.6 Å². The molecular formula is C28H22N6O2. The summed E-state index contributed by atoms with van der Waals surface area (Å²) in [6.07, 6.45) is 6.53. The molecule has 0 aliphatic heterocycles. The first-order chi connectivity index (χ1) is 17.6. The van der Waals surface area contributed by atoms with Crippen molar-refractivity contribution >= 4 is 22.8 Å². The third kappa shape index (κ3) is 4.72. The van der Waals surface area contributed by atoms with E-state index in [1.54, 1.807) is 23.1 Å². The number of hydrogen-bond acceptors (Lipinski definition) is 6. The minimum absolute atomic E-state index is 0.221. The highest BCUT2D eigenvalue weighted by Gasteiger charge is 2.19. The summed E-state index contributed by atoms with van der Waals surface area (Å²) < 4.78 is 7.48. The number of anilines is 2. The summed E-state index contributed by atoms with van der Waals surface area (Å²) in [5.74, 6) is 1.22.